The number of nitrogens with zero attached hydrogens (tertiary/aromatic N) is 1. The highest BCUT2D eigenvalue weighted by atomic mass is 32.2. The number of urea groups is 1. The number of rotatable bonds is 18. The van der Waals surface area contributed by atoms with E-state index in [1.54, 1.807) is 0 Å². The third-order valence-electron chi connectivity index (χ3n) is 7.06. The van der Waals surface area contributed by atoms with E-state index in [0.717, 1.165) is 50.7 Å². The maximum Gasteiger partial charge on any atom is 0.333 e. The van der Waals surface area contributed by atoms with Gasteiger partial charge in [0, 0.05) is 56.2 Å². The van der Waals surface area contributed by atoms with Gasteiger partial charge < -0.3 is 26.1 Å². The first-order valence-corrected chi connectivity index (χ1v) is 15.2. The van der Waals surface area contributed by atoms with Crippen LogP contribution in [0.4, 0.5) is 4.79 Å². The summed E-state index contributed by atoms with van der Waals surface area (Å²) in [7, 11) is 0. The van der Waals surface area contributed by atoms with Crippen LogP contribution in [-0.4, -0.2) is 76.9 Å². The fourth-order valence-electron chi connectivity index (χ4n) is 4.87. The number of unbranched alkanes of at least 4 members (excludes halogenated alkanes) is 5. The molecule has 3 saturated heterocycles. The zero-order valence-electron chi connectivity index (χ0n) is 22.5. The van der Waals surface area contributed by atoms with Gasteiger partial charge in [-0.05, 0) is 38.5 Å². The Bertz CT molecular complexity index is 886. The number of amides is 6. The highest BCUT2D eigenvalue weighted by Gasteiger charge is 2.42. The third-order valence-corrected chi connectivity index (χ3v) is 8.57. The number of nitrogens with one attached hydrogen (secondary N) is 4. The molecule has 13 heteroatoms. The van der Waals surface area contributed by atoms with Crippen molar-refractivity contribution in [2.24, 2.45) is 0 Å². The van der Waals surface area contributed by atoms with Gasteiger partial charge in [-0.1, -0.05) is 19.3 Å². The molecule has 3 unspecified atom stereocenters. The minimum atomic E-state index is -0.602. The van der Waals surface area contributed by atoms with Gasteiger partial charge in [-0.15, -0.1) is 5.06 Å². The van der Waals surface area contributed by atoms with Crippen LogP contribution >= 0.6 is 11.8 Å². The Morgan fingerprint density at radius 1 is 0.795 bits per heavy atom. The van der Waals surface area contributed by atoms with Crippen LogP contribution < -0.4 is 21.3 Å². The van der Waals surface area contributed by atoms with Crippen molar-refractivity contribution in [1.82, 2.24) is 26.3 Å². The Hall–Kier alpha value is -2.83. The summed E-state index contributed by atoms with van der Waals surface area (Å²) in [6, 6.07) is 0.380. The molecule has 3 aliphatic rings. The largest absolute Gasteiger partial charge is 0.356 e. The fourth-order valence-corrected chi connectivity index (χ4v) is 6.41. The Labute approximate surface area is 233 Å². The van der Waals surface area contributed by atoms with Gasteiger partial charge in [0.15, 0.2) is 0 Å². The molecule has 0 radical (unpaired) electrons. The van der Waals surface area contributed by atoms with Crippen LogP contribution in [0.2, 0.25) is 0 Å². The predicted octanol–water partition coefficient (Wildman–Crippen LogP) is 1.67. The summed E-state index contributed by atoms with van der Waals surface area (Å²) in [6.45, 7) is 1.14. The molecule has 3 rings (SSSR count). The molecule has 0 aromatic heterocycles. The van der Waals surface area contributed by atoms with Gasteiger partial charge >= 0.3 is 12.0 Å². The van der Waals surface area contributed by atoms with Gasteiger partial charge in [-0.25, -0.2) is 9.59 Å². The average molecular weight is 568 g/mol. The molecule has 3 heterocycles. The molecule has 3 aliphatic heterocycles. The number of carbonyl (C=O) groups is 6. The zero-order valence-corrected chi connectivity index (χ0v) is 23.3. The molecule has 12 nitrogen and oxygen atoms in total. The summed E-state index contributed by atoms with van der Waals surface area (Å²) in [5.74, 6) is -0.572. The Morgan fingerprint density at radius 2 is 1.38 bits per heavy atom. The van der Waals surface area contributed by atoms with Crippen LogP contribution in [0.5, 0.6) is 0 Å². The molecule has 0 aromatic carbocycles. The summed E-state index contributed by atoms with van der Waals surface area (Å²) in [5.41, 5.74) is 0. The third kappa shape index (κ3) is 10.7. The normalized spacial score (nSPS) is 21.9. The zero-order chi connectivity index (χ0) is 28.0. The van der Waals surface area contributed by atoms with Gasteiger partial charge in [0.1, 0.15) is 0 Å². The van der Waals surface area contributed by atoms with Gasteiger partial charge in [0.05, 0.1) is 12.1 Å². The number of thioether (sulfide) groups is 1. The molecule has 0 saturated carbocycles. The Balaban J connectivity index is 1.06. The second-order valence-electron chi connectivity index (χ2n) is 10.2. The van der Waals surface area contributed by atoms with E-state index in [9.17, 15) is 28.8 Å². The SMILES string of the molecule is O=C(CCCCCNC(=O)CCCCC1SCC2NC(=O)NC21)NCCCCCC(=O)ON1C(=O)CCC1=O. The van der Waals surface area contributed by atoms with Crippen LogP contribution in [0.1, 0.15) is 89.9 Å². The lowest BCUT2D eigenvalue weighted by Crippen LogP contribution is -2.36. The summed E-state index contributed by atoms with van der Waals surface area (Å²) in [4.78, 5) is 74.8. The van der Waals surface area contributed by atoms with Gasteiger partial charge in [0.2, 0.25) is 11.8 Å². The fraction of sp³-hybridized carbons (Fsp3) is 0.769. The smallest absolute Gasteiger partial charge is 0.333 e. The molecule has 3 atom stereocenters. The topological polar surface area (TPSA) is 163 Å². The van der Waals surface area contributed by atoms with Crippen LogP contribution in [0.15, 0.2) is 0 Å². The molecule has 6 amide bonds. The molecule has 3 fully saturated rings. The highest BCUT2D eigenvalue weighted by Crippen LogP contribution is 2.33. The number of carbonyl (C=O) groups excluding carboxylic acids is 6. The second-order valence-corrected chi connectivity index (χ2v) is 11.5. The monoisotopic (exact) mass is 567 g/mol. The molecular weight excluding hydrogens is 526 g/mol. The van der Waals surface area contributed by atoms with Gasteiger partial charge in [-0.2, -0.15) is 11.8 Å². The predicted molar refractivity (Wildman–Crippen MR) is 144 cm³/mol. The molecule has 218 valence electrons. The average Bonchev–Trinajstić information content (AvgIpc) is 3.56. The summed E-state index contributed by atoms with van der Waals surface area (Å²) in [5, 5.41) is 12.7. The Morgan fingerprint density at radius 3 is 2.03 bits per heavy atom. The van der Waals surface area contributed by atoms with Crippen LogP contribution in [-0.2, 0) is 28.8 Å². The lowest BCUT2D eigenvalue weighted by atomic mass is 10.0. The second kappa shape index (κ2) is 16.3. The van der Waals surface area contributed by atoms with Crippen molar-refractivity contribution < 1.29 is 33.6 Å². The number of imide groups is 1. The molecule has 39 heavy (non-hydrogen) atoms. The number of hydrogen-bond acceptors (Lipinski definition) is 8. The van der Waals surface area contributed by atoms with E-state index in [-0.39, 0.29) is 49.2 Å². The van der Waals surface area contributed by atoms with E-state index in [0.29, 0.717) is 49.1 Å². The van der Waals surface area contributed by atoms with Gasteiger partial charge in [0.25, 0.3) is 11.8 Å². The molecule has 0 aromatic rings. The van der Waals surface area contributed by atoms with E-state index in [1.807, 2.05) is 11.8 Å². The van der Waals surface area contributed by atoms with E-state index in [2.05, 4.69) is 21.3 Å². The van der Waals surface area contributed by atoms with Crippen molar-refractivity contribution in [1.29, 1.82) is 0 Å². The lowest BCUT2D eigenvalue weighted by Gasteiger charge is -2.16. The molecule has 0 bridgehead atoms. The van der Waals surface area contributed by atoms with Crippen LogP contribution in [0, 0.1) is 0 Å². The quantitative estimate of drug-likeness (QED) is 0.110. The summed E-state index contributed by atoms with van der Waals surface area (Å²) < 4.78 is 0. The Kier molecular flexibility index (Phi) is 12.8. The van der Waals surface area contributed by atoms with Gasteiger partial charge in [-0.3, -0.25) is 19.2 Å². The van der Waals surface area contributed by atoms with Crippen molar-refractivity contribution in [2.75, 3.05) is 18.8 Å². The lowest BCUT2D eigenvalue weighted by molar-refractivity contribution is -0.197. The van der Waals surface area contributed by atoms with Crippen molar-refractivity contribution in [3.63, 3.8) is 0 Å². The van der Waals surface area contributed by atoms with Crippen LogP contribution in [0.3, 0.4) is 0 Å². The first-order chi connectivity index (χ1) is 18.8. The number of hydroxylamine groups is 2. The van der Waals surface area contributed by atoms with E-state index >= 15 is 0 Å². The molecule has 0 spiro atoms. The molecule has 0 aliphatic carbocycles. The van der Waals surface area contributed by atoms with Crippen molar-refractivity contribution >= 4 is 47.4 Å². The van der Waals surface area contributed by atoms with Crippen molar-refractivity contribution in [3.05, 3.63) is 0 Å². The highest BCUT2D eigenvalue weighted by molar-refractivity contribution is 8.00. The summed E-state index contributed by atoms with van der Waals surface area (Å²) >= 11 is 1.89. The van der Waals surface area contributed by atoms with E-state index < -0.39 is 17.8 Å². The van der Waals surface area contributed by atoms with Crippen molar-refractivity contribution in [3.8, 4) is 0 Å². The summed E-state index contributed by atoms with van der Waals surface area (Å²) in [6.07, 6.45) is 8.46. The first kappa shape index (κ1) is 30.7. The van der Waals surface area contributed by atoms with E-state index in [4.69, 9.17) is 4.84 Å². The molecular formula is C26H41N5O7S. The maximum atomic E-state index is 12.0. The number of hydrogen-bond donors (Lipinski definition) is 4. The minimum absolute atomic E-state index is 0.01000. The standard InChI is InChI=1S/C26H41N5O7S/c32-20(27-16-8-2-4-12-24(36)38-31-22(34)13-14-23(31)35)10-3-1-7-15-28-21(33)11-6-5-9-19-25-18(17-39-19)29-26(37)30-25/h18-19,25H,1-17H2,(H,27,32)(H,28,33)(H2,29,30,37). The molecule has 4 N–H and O–H groups in total. The first-order valence-electron chi connectivity index (χ1n) is 14.1. The number of fused-ring (bicyclic) bond motifs is 1. The van der Waals surface area contributed by atoms with E-state index in [1.165, 1.54) is 0 Å². The maximum absolute atomic E-state index is 12.0. The van der Waals surface area contributed by atoms with Crippen LogP contribution in [0.25, 0.3) is 0 Å². The van der Waals surface area contributed by atoms with Crippen molar-refractivity contribution in [2.45, 2.75) is 107 Å². The minimum Gasteiger partial charge on any atom is -0.356 e.